The van der Waals surface area contributed by atoms with Crippen molar-refractivity contribution in [2.24, 2.45) is 0 Å². The summed E-state index contributed by atoms with van der Waals surface area (Å²) in [6.45, 7) is 0.509. The Kier molecular flexibility index (Phi) is 5.24. The Morgan fingerprint density at radius 2 is 2.07 bits per heavy atom. The van der Waals surface area contributed by atoms with Crippen LogP contribution in [-0.2, 0) is 16.1 Å². The summed E-state index contributed by atoms with van der Waals surface area (Å²) in [7, 11) is 1.58. The van der Waals surface area contributed by atoms with Crippen LogP contribution >= 0.6 is 0 Å². The van der Waals surface area contributed by atoms with Crippen LogP contribution in [0.5, 0.6) is 5.75 Å². The van der Waals surface area contributed by atoms with E-state index in [9.17, 15) is 9.59 Å². The van der Waals surface area contributed by atoms with Gasteiger partial charge in [0.1, 0.15) is 5.75 Å². The smallest absolute Gasteiger partial charge is 0.338 e. The van der Waals surface area contributed by atoms with Crippen molar-refractivity contribution in [3.63, 3.8) is 0 Å². The second-order valence-corrected chi connectivity index (χ2v) is 6.52. The molecule has 8 heteroatoms. The number of esters is 1. The quantitative estimate of drug-likeness (QED) is 0.593. The fourth-order valence-corrected chi connectivity index (χ4v) is 3.13. The first-order valence-electron chi connectivity index (χ1n) is 9.18. The highest BCUT2D eigenvalue weighted by Crippen LogP contribution is 2.23. The Labute approximate surface area is 167 Å². The summed E-state index contributed by atoms with van der Waals surface area (Å²) in [5.41, 5.74) is 1.78. The molecule has 0 unspecified atom stereocenters. The molecular weight excluding hydrogens is 374 g/mol. The topological polar surface area (TPSA) is 94.8 Å². The Morgan fingerprint density at radius 1 is 1.21 bits per heavy atom. The van der Waals surface area contributed by atoms with Gasteiger partial charge in [0.2, 0.25) is 11.7 Å². The fraction of sp³-hybridized carbons (Fsp3) is 0.238. The Morgan fingerprint density at radius 3 is 2.86 bits per heavy atom. The number of aromatic nitrogens is 2. The summed E-state index contributed by atoms with van der Waals surface area (Å²) >= 11 is 0. The number of anilines is 1. The fourth-order valence-electron chi connectivity index (χ4n) is 3.13. The van der Waals surface area contributed by atoms with Gasteiger partial charge in [0.05, 0.1) is 12.7 Å². The number of carbonyl (C=O) groups excluding carboxylic acids is 2. The summed E-state index contributed by atoms with van der Waals surface area (Å²) in [5, 5.41) is 3.91. The van der Waals surface area contributed by atoms with Crippen LogP contribution in [0.3, 0.4) is 0 Å². The highest BCUT2D eigenvalue weighted by atomic mass is 16.6. The number of rotatable bonds is 6. The normalized spacial score (nSPS) is 13.6. The van der Waals surface area contributed by atoms with E-state index in [1.165, 1.54) is 0 Å². The molecule has 1 aromatic heterocycles. The zero-order chi connectivity index (χ0) is 20.2. The van der Waals surface area contributed by atoms with E-state index < -0.39 is 5.97 Å². The van der Waals surface area contributed by atoms with Crippen LogP contribution in [0.25, 0.3) is 11.4 Å². The molecule has 0 saturated carbocycles. The van der Waals surface area contributed by atoms with Gasteiger partial charge in [0, 0.05) is 24.2 Å². The van der Waals surface area contributed by atoms with Crippen LogP contribution in [0.2, 0.25) is 0 Å². The number of hydrogen-bond acceptors (Lipinski definition) is 7. The maximum absolute atomic E-state index is 12.4. The average Bonchev–Trinajstić information content (AvgIpc) is 3.41. The van der Waals surface area contributed by atoms with Crippen LogP contribution < -0.4 is 9.64 Å². The minimum absolute atomic E-state index is 0.0615. The minimum atomic E-state index is -0.528. The van der Waals surface area contributed by atoms with Gasteiger partial charge in [0.25, 0.3) is 5.89 Å². The SMILES string of the molecule is COc1cccc(-c2noc(COC(=O)c3cccc(N4CCCC4=O)c3)n2)c1. The van der Waals surface area contributed by atoms with Crippen LogP contribution in [0, 0.1) is 0 Å². The molecule has 1 amide bonds. The first kappa shape index (κ1) is 18.7. The second kappa shape index (κ2) is 8.14. The number of benzene rings is 2. The average molecular weight is 393 g/mol. The van der Waals surface area contributed by atoms with Crippen molar-refractivity contribution >= 4 is 17.6 Å². The number of carbonyl (C=O) groups is 2. The number of ether oxygens (including phenoxy) is 2. The molecule has 3 aromatic rings. The van der Waals surface area contributed by atoms with E-state index in [-0.39, 0.29) is 18.4 Å². The molecule has 0 N–H and O–H groups in total. The highest BCUT2D eigenvalue weighted by molar-refractivity contribution is 5.97. The third kappa shape index (κ3) is 4.11. The monoisotopic (exact) mass is 393 g/mol. The van der Waals surface area contributed by atoms with Crippen molar-refractivity contribution < 1.29 is 23.6 Å². The standard InChI is InChI=1S/C21H19N3O5/c1-27-17-8-3-5-14(12-17)20-22-18(29-23-20)13-28-21(26)15-6-2-7-16(11-15)24-10-4-9-19(24)25/h2-3,5-8,11-12H,4,9-10,13H2,1H3. The molecule has 1 aliphatic rings. The van der Waals surface area contributed by atoms with E-state index in [0.29, 0.717) is 35.8 Å². The van der Waals surface area contributed by atoms with Crippen LogP contribution in [0.15, 0.2) is 53.1 Å². The van der Waals surface area contributed by atoms with Gasteiger partial charge in [-0.15, -0.1) is 0 Å². The van der Waals surface area contributed by atoms with E-state index in [2.05, 4.69) is 10.1 Å². The van der Waals surface area contributed by atoms with E-state index in [4.69, 9.17) is 14.0 Å². The van der Waals surface area contributed by atoms with E-state index in [0.717, 1.165) is 12.0 Å². The molecule has 0 atom stereocenters. The molecule has 0 spiro atoms. The predicted octanol–water partition coefficient (Wildman–Crippen LogP) is 3.23. The Bertz CT molecular complexity index is 1050. The lowest BCUT2D eigenvalue weighted by molar-refractivity contribution is -0.117. The number of nitrogens with zero attached hydrogens (tertiary/aromatic N) is 3. The first-order chi connectivity index (χ1) is 14.1. The largest absolute Gasteiger partial charge is 0.497 e. The van der Waals surface area contributed by atoms with Crippen molar-refractivity contribution in [3.05, 3.63) is 60.0 Å². The first-order valence-corrected chi connectivity index (χ1v) is 9.18. The van der Waals surface area contributed by atoms with Crippen molar-refractivity contribution in [2.45, 2.75) is 19.4 Å². The summed E-state index contributed by atoms with van der Waals surface area (Å²) < 4.78 is 15.6. The highest BCUT2D eigenvalue weighted by Gasteiger charge is 2.22. The maximum atomic E-state index is 12.4. The molecule has 1 saturated heterocycles. The molecule has 1 aliphatic heterocycles. The van der Waals surface area contributed by atoms with Gasteiger partial charge < -0.3 is 18.9 Å². The van der Waals surface area contributed by atoms with Gasteiger partial charge in [-0.1, -0.05) is 23.4 Å². The third-order valence-electron chi connectivity index (χ3n) is 4.59. The van der Waals surface area contributed by atoms with Crippen molar-refractivity contribution in [1.82, 2.24) is 10.1 Å². The summed E-state index contributed by atoms with van der Waals surface area (Å²) in [5.74, 6) is 0.772. The molecule has 0 bridgehead atoms. The van der Waals surface area contributed by atoms with Gasteiger partial charge in [0.15, 0.2) is 6.61 Å². The lowest BCUT2D eigenvalue weighted by atomic mass is 10.2. The second-order valence-electron chi connectivity index (χ2n) is 6.52. The molecule has 29 heavy (non-hydrogen) atoms. The Balaban J connectivity index is 1.41. The van der Waals surface area contributed by atoms with E-state index in [1.54, 1.807) is 42.3 Å². The molecule has 148 valence electrons. The molecule has 4 rings (SSSR count). The third-order valence-corrected chi connectivity index (χ3v) is 4.59. The van der Waals surface area contributed by atoms with Gasteiger partial charge in [-0.3, -0.25) is 4.79 Å². The molecule has 2 heterocycles. The predicted molar refractivity (Wildman–Crippen MR) is 103 cm³/mol. The van der Waals surface area contributed by atoms with Crippen LogP contribution in [0.4, 0.5) is 5.69 Å². The van der Waals surface area contributed by atoms with Crippen molar-refractivity contribution in [3.8, 4) is 17.1 Å². The molecule has 0 aliphatic carbocycles. The van der Waals surface area contributed by atoms with Gasteiger partial charge in [-0.2, -0.15) is 4.98 Å². The number of methoxy groups -OCH3 is 1. The van der Waals surface area contributed by atoms with Crippen molar-refractivity contribution in [2.75, 3.05) is 18.6 Å². The van der Waals surface area contributed by atoms with E-state index >= 15 is 0 Å². The minimum Gasteiger partial charge on any atom is -0.497 e. The van der Waals surface area contributed by atoms with Gasteiger partial charge in [-0.25, -0.2) is 4.79 Å². The van der Waals surface area contributed by atoms with Crippen LogP contribution in [0.1, 0.15) is 29.1 Å². The lowest BCUT2D eigenvalue weighted by Crippen LogP contribution is -2.23. The zero-order valence-electron chi connectivity index (χ0n) is 15.8. The summed E-state index contributed by atoms with van der Waals surface area (Å²) in [4.78, 5) is 30.2. The Hall–Kier alpha value is -3.68. The lowest BCUT2D eigenvalue weighted by Gasteiger charge is -2.16. The summed E-state index contributed by atoms with van der Waals surface area (Å²) in [6.07, 6.45) is 1.35. The number of hydrogen-bond donors (Lipinski definition) is 0. The molecular formula is C21H19N3O5. The van der Waals surface area contributed by atoms with Gasteiger partial charge >= 0.3 is 5.97 Å². The van der Waals surface area contributed by atoms with Crippen molar-refractivity contribution in [1.29, 1.82) is 0 Å². The summed E-state index contributed by atoms with van der Waals surface area (Å²) in [6, 6.07) is 14.1. The number of amides is 1. The van der Waals surface area contributed by atoms with E-state index in [1.807, 2.05) is 18.2 Å². The van der Waals surface area contributed by atoms with Crippen LogP contribution in [-0.4, -0.2) is 35.7 Å². The molecule has 0 radical (unpaired) electrons. The molecule has 2 aromatic carbocycles. The molecule has 1 fully saturated rings. The molecule has 8 nitrogen and oxygen atoms in total. The van der Waals surface area contributed by atoms with Gasteiger partial charge in [-0.05, 0) is 36.8 Å². The maximum Gasteiger partial charge on any atom is 0.338 e. The zero-order valence-corrected chi connectivity index (χ0v) is 15.8.